The quantitative estimate of drug-likeness (QED) is 0.694. The number of likely N-dealkylation sites (N-methyl/N-ethyl adjacent to an activating group) is 1. The van der Waals surface area contributed by atoms with Gasteiger partial charge in [-0.3, -0.25) is 4.79 Å². The van der Waals surface area contributed by atoms with Crippen molar-refractivity contribution in [3.63, 3.8) is 0 Å². The highest BCUT2D eigenvalue weighted by Crippen LogP contribution is 2.15. The van der Waals surface area contributed by atoms with Crippen LogP contribution in [0.4, 0.5) is 0 Å². The molecule has 5 heteroatoms. The smallest absolute Gasteiger partial charge is 0.257 e. The Balaban J connectivity index is 1.63. The largest absolute Gasteiger partial charge is 0.492 e. The van der Waals surface area contributed by atoms with Crippen molar-refractivity contribution >= 4 is 5.91 Å². The summed E-state index contributed by atoms with van der Waals surface area (Å²) < 4.78 is 7.43. The Morgan fingerprint density at radius 1 is 1.08 bits per heavy atom. The van der Waals surface area contributed by atoms with Crippen molar-refractivity contribution in [2.24, 2.45) is 0 Å². The summed E-state index contributed by atoms with van der Waals surface area (Å²) in [6, 6.07) is 19.4. The summed E-state index contributed by atoms with van der Waals surface area (Å²) in [5, 5.41) is 4.36. The molecule has 1 amide bonds. The van der Waals surface area contributed by atoms with E-state index in [4.69, 9.17) is 4.74 Å². The summed E-state index contributed by atoms with van der Waals surface area (Å²) in [5.41, 5.74) is 2.37. The van der Waals surface area contributed by atoms with Crippen LogP contribution in [0.25, 0.3) is 5.69 Å². The summed E-state index contributed by atoms with van der Waals surface area (Å²) >= 11 is 0. The molecule has 0 unspecified atom stereocenters. The van der Waals surface area contributed by atoms with Gasteiger partial charge in [0.15, 0.2) is 0 Å². The van der Waals surface area contributed by atoms with E-state index < -0.39 is 0 Å². The first-order valence-electron chi connectivity index (χ1n) is 8.20. The number of hydrogen-bond donors (Lipinski definition) is 0. The van der Waals surface area contributed by atoms with E-state index in [1.807, 2.05) is 67.6 Å². The molecular formula is C20H21N3O2. The van der Waals surface area contributed by atoms with Gasteiger partial charge in [0.1, 0.15) is 12.4 Å². The summed E-state index contributed by atoms with van der Waals surface area (Å²) in [6.07, 6.45) is 1.62. The third-order valence-corrected chi connectivity index (χ3v) is 4.03. The second kappa shape index (κ2) is 7.66. The van der Waals surface area contributed by atoms with Gasteiger partial charge in [0.2, 0.25) is 0 Å². The fourth-order valence-electron chi connectivity index (χ4n) is 2.57. The van der Waals surface area contributed by atoms with Crippen molar-refractivity contribution in [1.29, 1.82) is 0 Å². The Bertz CT molecular complexity index is 829. The average molecular weight is 335 g/mol. The zero-order chi connectivity index (χ0) is 17.6. The minimum absolute atomic E-state index is 0.0589. The number of carbonyl (C=O) groups excluding carboxylic acids is 1. The molecule has 1 heterocycles. The number of para-hydroxylation sites is 2. The topological polar surface area (TPSA) is 47.4 Å². The van der Waals surface area contributed by atoms with Gasteiger partial charge in [-0.15, -0.1) is 0 Å². The Kier molecular flexibility index (Phi) is 5.14. The lowest BCUT2D eigenvalue weighted by Gasteiger charge is -2.17. The Hall–Kier alpha value is -3.08. The van der Waals surface area contributed by atoms with Crippen LogP contribution in [0.15, 0.2) is 66.9 Å². The maximum Gasteiger partial charge on any atom is 0.257 e. The molecular weight excluding hydrogens is 314 g/mol. The fourth-order valence-corrected chi connectivity index (χ4v) is 2.57. The summed E-state index contributed by atoms with van der Waals surface area (Å²) in [4.78, 5) is 14.3. The minimum atomic E-state index is -0.0589. The van der Waals surface area contributed by atoms with Gasteiger partial charge >= 0.3 is 0 Å². The number of rotatable bonds is 6. The van der Waals surface area contributed by atoms with Crippen molar-refractivity contribution in [3.05, 3.63) is 78.1 Å². The minimum Gasteiger partial charge on any atom is -0.492 e. The molecule has 128 valence electrons. The van der Waals surface area contributed by atoms with Crippen molar-refractivity contribution in [3.8, 4) is 11.4 Å². The van der Waals surface area contributed by atoms with Crippen molar-refractivity contribution in [2.45, 2.75) is 6.92 Å². The van der Waals surface area contributed by atoms with Crippen LogP contribution >= 0.6 is 0 Å². The normalized spacial score (nSPS) is 10.5. The lowest BCUT2D eigenvalue weighted by Crippen LogP contribution is -2.31. The average Bonchev–Trinajstić information content (AvgIpc) is 3.04. The number of hydrogen-bond acceptors (Lipinski definition) is 3. The maximum atomic E-state index is 12.7. The highest BCUT2D eigenvalue weighted by atomic mass is 16.5. The highest BCUT2D eigenvalue weighted by Gasteiger charge is 2.18. The van der Waals surface area contributed by atoms with Crippen molar-refractivity contribution in [2.75, 3.05) is 20.2 Å². The van der Waals surface area contributed by atoms with E-state index in [2.05, 4.69) is 5.10 Å². The van der Waals surface area contributed by atoms with Gasteiger partial charge in [-0.05, 0) is 31.2 Å². The van der Waals surface area contributed by atoms with Crippen LogP contribution in [-0.2, 0) is 0 Å². The molecule has 3 aromatic rings. The number of amides is 1. The molecule has 2 aromatic carbocycles. The third kappa shape index (κ3) is 3.88. The molecule has 3 rings (SSSR count). The molecule has 0 aliphatic rings. The van der Waals surface area contributed by atoms with E-state index in [-0.39, 0.29) is 5.91 Å². The Labute approximate surface area is 147 Å². The summed E-state index contributed by atoms with van der Waals surface area (Å²) in [7, 11) is 1.77. The van der Waals surface area contributed by atoms with E-state index in [0.717, 1.165) is 17.1 Å². The van der Waals surface area contributed by atoms with Crippen LogP contribution in [0.2, 0.25) is 0 Å². The molecule has 0 saturated carbocycles. The molecule has 0 fully saturated rings. The van der Waals surface area contributed by atoms with Gasteiger partial charge < -0.3 is 9.64 Å². The predicted octanol–water partition coefficient (Wildman–Crippen LogP) is 3.33. The van der Waals surface area contributed by atoms with Gasteiger partial charge in [0.25, 0.3) is 5.91 Å². The molecule has 5 nitrogen and oxygen atoms in total. The van der Waals surface area contributed by atoms with E-state index in [1.54, 1.807) is 22.8 Å². The second-order valence-electron chi connectivity index (χ2n) is 5.78. The molecule has 0 spiro atoms. The van der Waals surface area contributed by atoms with Crippen LogP contribution in [-0.4, -0.2) is 40.8 Å². The van der Waals surface area contributed by atoms with Gasteiger partial charge in [0.05, 0.1) is 29.7 Å². The monoisotopic (exact) mass is 335 g/mol. The van der Waals surface area contributed by atoms with Gasteiger partial charge in [-0.1, -0.05) is 36.4 Å². The summed E-state index contributed by atoms with van der Waals surface area (Å²) in [6.45, 7) is 2.85. The van der Waals surface area contributed by atoms with Gasteiger partial charge in [-0.25, -0.2) is 4.68 Å². The fraction of sp³-hybridized carbons (Fsp3) is 0.200. The Morgan fingerprint density at radius 2 is 1.72 bits per heavy atom. The Morgan fingerprint density at radius 3 is 2.40 bits per heavy atom. The summed E-state index contributed by atoms with van der Waals surface area (Å²) in [5.74, 6) is 0.743. The van der Waals surface area contributed by atoms with E-state index >= 15 is 0 Å². The first kappa shape index (κ1) is 16.8. The van der Waals surface area contributed by atoms with Crippen LogP contribution in [0.1, 0.15) is 16.1 Å². The number of carbonyl (C=O) groups is 1. The third-order valence-electron chi connectivity index (χ3n) is 4.03. The first-order valence-corrected chi connectivity index (χ1v) is 8.20. The number of aromatic nitrogens is 2. The zero-order valence-corrected chi connectivity index (χ0v) is 14.4. The molecule has 0 aliphatic heterocycles. The van der Waals surface area contributed by atoms with Crippen LogP contribution < -0.4 is 4.74 Å². The molecule has 0 atom stereocenters. The van der Waals surface area contributed by atoms with Gasteiger partial charge in [-0.2, -0.15) is 5.10 Å². The molecule has 0 aliphatic carbocycles. The molecule has 1 aromatic heterocycles. The van der Waals surface area contributed by atoms with E-state index in [0.29, 0.717) is 18.7 Å². The van der Waals surface area contributed by atoms with Crippen molar-refractivity contribution < 1.29 is 9.53 Å². The SMILES string of the molecule is Cc1c(C(=O)N(C)CCOc2ccccc2)cnn1-c1ccccc1. The predicted molar refractivity (Wildman–Crippen MR) is 97.2 cm³/mol. The van der Waals surface area contributed by atoms with Crippen LogP contribution in [0, 0.1) is 6.92 Å². The molecule has 0 radical (unpaired) electrons. The highest BCUT2D eigenvalue weighted by molar-refractivity contribution is 5.95. The lowest BCUT2D eigenvalue weighted by atomic mass is 10.2. The van der Waals surface area contributed by atoms with E-state index in [9.17, 15) is 4.79 Å². The molecule has 0 saturated heterocycles. The van der Waals surface area contributed by atoms with Crippen molar-refractivity contribution in [1.82, 2.24) is 14.7 Å². The van der Waals surface area contributed by atoms with Crippen LogP contribution in [0.5, 0.6) is 5.75 Å². The lowest BCUT2D eigenvalue weighted by molar-refractivity contribution is 0.0773. The zero-order valence-electron chi connectivity index (χ0n) is 14.4. The first-order chi connectivity index (χ1) is 12.2. The maximum absolute atomic E-state index is 12.7. The second-order valence-corrected chi connectivity index (χ2v) is 5.78. The standard InChI is InChI=1S/C20H21N3O2/c1-16-19(15-21-23(16)17-9-5-3-6-10-17)20(24)22(2)13-14-25-18-11-7-4-8-12-18/h3-12,15H,13-14H2,1-2H3. The van der Waals surface area contributed by atoms with Crippen LogP contribution in [0.3, 0.4) is 0 Å². The number of ether oxygens (including phenoxy) is 1. The molecule has 0 bridgehead atoms. The number of benzene rings is 2. The number of nitrogens with zero attached hydrogens (tertiary/aromatic N) is 3. The van der Waals surface area contributed by atoms with E-state index in [1.165, 1.54) is 0 Å². The molecule has 25 heavy (non-hydrogen) atoms. The van der Waals surface area contributed by atoms with Gasteiger partial charge in [0, 0.05) is 7.05 Å². The molecule has 0 N–H and O–H groups in total.